The van der Waals surface area contributed by atoms with Gasteiger partial charge in [0.2, 0.25) is 0 Å². The Morgan fingerprint density at radius 3 is 2.50 bits per heavy atom. The molecule has 0 aliphatic heterocycles. The molecule has 0 fully saturated rings. The Bertz CT molecular complexity index is 568. The fourth-order valence-corrected chi connectivity index (χ4v) is 1.81. The van der Waals surface area contributed by atoms with Gasteiger partial charge in [0.05, 0.1) is 10.6 Å². The van der Waals surface area contributed by atoms with E-state index in [0.717, 1.165) is 6.07 Å². The van der Waals surface area contributed by atoms with Crippen molar-refractivity contribution in [3.8, 4) is 6.07 Å². The predicted octanol–water partition coefficient (Wildman–Crippen LogP) is 1.19. The minimum Gasteiger partial charge on any atom is -0.231 e. The summed E-state index contributed by atoms with van der Waals surface area (Å²) in [7, 11) is -4.34. The molecule has 0 aliphatic carbocycles. The van der Waals surface area contributed by atoms with Crippen molar-refractivity contribution in [2.45, 2.75) is 11.5 Å². The van der Waals surface area contributed by atoms with Gasteiger partial charge in [0, 0.05) is 0 Å². The van der Waals surface area contributed by atoms with E-state index >= 15 is 0 Å². The van der Waals surface area contributed by atoms with Gasteiger partial charge in [-0.2, -0.15) is 5.26 Å². The first-order valence-corrected chi connectivity index (χ1v) is 5.61. The van der Waals surface area contributed by atoms with E-state index in [9.17, 15) is 17.2 Å². The second-order valence-corrected chi connectivity index (χ2v) is 4.55. The van der Waals surface area contributed by atoms with Gasteiger partial charge in [-0.25, -0.2) is 27.3 Å². The SMILES string of the molecule is N#Cc1cc(Cl)c(C(F)F)nc1S(N)(=O)=O. The van der Waals surface area contributed by atoms with Gasteiger partial charge in [-0.05, 0) is 6.07 Å². The van der Waals surface area contributed by atoms with Gasteiger partial charge in [0.1, 0.15) is 11.8 Å². The Kier molecular flexibility index (Phi) is 3.42. The molecule has 0 saturated heterocycles. The van der Waals surface area contributed by atoms with Gasteiger partial charge >= 0.3 is 0 Å². The summed E-state index contributed by atoms with van der Waals surface area (Å²) in [5.74, 6) is 0. The highest BCUT2D eigenvalue weighted by atomic mass is 35.5. The monoisotopic (exact) mass is 267 g/mol. The van der Waals surface area contributed by atoms with E-state index in [1.807, 2.05) is 0 Å². The molecule has 2 N–H and O–H groups in total. The van der Waals surface area contributed by atoms with E-state index in [2.05, 4.69) is 4.98 Å². The number of sulfonamides is 1. The molecule has 16 heavy (non-hydrogen) atoms. The van der Waals surface area contributed by atoms with Gasteiger partial charge < -0.3 is 0 Å². The zero-order valence-electron chi connectivity index (χ0n) is 7.49. The molecule has 0 aromatic carbocycles. The number of nitrogens with two attached hydrogens (primary N) is 1. The van der Waals surface area contributed by atoms with Crippen LogP contribution >= 0.6 is 11.6 Å². The number of alkyl halides is 2. The zero-order chi connectivity index (χ0) is 12.5. The Hall–Kier alpha value is -1.30. The molecule has 0 amide bonds. The number of nitriles is 1. The summed E-state index contributed by atoms with van der Waals surface area (Å²) in [6, 6.07) is 2.25. The van der Waals surface area contributed by atoms with Crippen molar-refractivity contribution >= 4 is 21.6 Å². The molecule has 0 atom stereocenters. The molecule has 1 aromatic rings. The van der Waals surface area contributed by atoms with Gasteiger partial charge in [0.25, 0.3) is 16.4 Å². The van der Waals surface area contributed by atoms with Gasteiger partial charge in [0.15, 0.2) is 5.03 Å². The van der Waals surface area contributed by atoms with Crippen LogP contribution in [0.5, 0.6) is 0 Å². The summed E-state index contributed by atoms with van der Waals surface area (Å²) in [4.78, 5) is 3.10. The molecule has 1 heterocycles. The Balaban J connectivity index is 3.62. The van der Waals surface area contributed by atoms with E-state index < -0.39 is 37.8 Å². The average Bonchev–Trinajstić information content (AvgIpc) is 2.14. The molecule has 1 rings (SSSR count). The van der Waals surface area contributed by atoms with Crippen molar-refractivity contribution < 1.29 is 17.2 Å². The number of hydrogen-bond acceptors (Lipinski definition) is 4. The molecule has 1 aromatic heterocycles. The fraction of sp³-hybridized carbons (Fsp3) is 0.143. The second kappa shape index (κ2) is 4.29. The lowest BCUT2D eigenvalue weighted by Crippen LogP contribution is -2.17. The van der Waals surface area contributed by atoms with Crippen molar-refractivity contribution in [3.05, 3.63) is 22.3 Å². The molecular formula is C7H4ClF2N3O2S. The number of pyridine rings is 1. The molecule has 0 spiro atoms. The van der Waals surface area contributed by atoms with Crippen LogP contribution in [0.2, 0.25) is 5.02 Å². The number of rotatable bonds is 2. The van der Waals surface area contributed by atoms with Crippen LogP contribution in [-0.4, -0.2) is 13.4 Å². The van der Waals surface area contributed by atoms with Crippen molar-refractivity contribution in [1.82, 2.24) is 4.98 Å². The first-order chi connectivity index (χ1) is 7.27. The van der Waals surface area contributed by atoms with E-state index in [1.165, 1.54) is 6.07 Å². The molecule has 0 aliphatic rings. The minimum absolute atomic E-state index is 0.475. The average molecular weight is 268 g/mol. The molecule has 86 valence electrons. The lowest BCUT2D eigenvalue weighted by atomic mass is 10.2. The molecule has 5 nitrogen and oxygen atoms in total. The number of halogens is 3. The maximum absolute atomic E-state index is 12.4. The van der Waals surface area contributed by atoms with Gasteiger partial charge in [-0.3, -0.25) is 0 Å². The zero-order valence-corrected chi connectivity index (χ0v) is 9.06. The van der Waals surface area contributed by atoms with Crippen LogP contribution in [0.25, 0.3) is 0 Å². The van der Waals surface area contributed by atoms with Crippen LogP contribution in [0.1, 0.15) is 17.7 Å². The van der Waals surface area contributed by atoms with Crippen molar-refractivity contribution in [2.75, 3.05) is 0 Å². The first-order valence-electron chi connectivity index (χ1n) is 3.69. The quantitative estimate of drug-likeness (QED) is 0.870. The van der Waals surface area contributed by atoms with Crippen LogP contribution in [0, 0.1) is 11.3 Å². The summed E-state index contributed by atoms with van der Waals surface area (Å²) in [6.07, 6.45) is -3.05. The van der Waals surface area contributed by atoms with Crippen LogP contribution in [-0.2, 0) is 10.0 Å². The normalized spacial score (nSPS) is 11.5. The van der Waals surface area contributed by atoms with Crippen LogP contribution in [0.4, 0.5) is 8.78 Å². The Labute approximate surface area is 94.5 Å². The van der Waals surface area contributed by atoms with Crippen LogP contribution in [0.3, 0.4) is 0 Å². The molecule has 0 unspecified atom stereocenters. The maximum Gasteiger partial charge on any atom is 0.281 e. The highest BCUT2D eigenvalue weighted by Crippen LogP contribution is 2.28. The minimum atomic E-state index is -4.34. The second-order valence-electron chi connectivity index (χ2n) is 2.67. The van der Waals surface area contributed by atoms with E-state index in [1.54, 1.807) is 0 Å². The molecule has 0 bridgehead atoms. The van der Waals surface area contributed by atoms with Crippen molar-refractivity contribution in [3.63, 3.8) is 0 Å². The molecule has 0 radical (unpaired) electrons. The summed E-state index contributed by atoms with van der Waals surface area (Å²) in [6.45, 7) is 0. The third-order valence-electron chi connectivity index (χ3n) is 1.56. The standard InChI is InChI=1S/C7H4ClF2N3O2S/c8-4-1-3(2-11)7(16(12,14)15)13-5(4)6(9)10/h1,6H,(H2,12,14,15). The topological polar surface area (TPSA) is 96.8 Å². The summed E-state index contributed by atoms with van der Waals surface area (Å²) in [5, 5.41) is 11.9. The van der Waals surface area contributed by atoms with Crippen molar-refractivity contribution in [2.24, 2.45) is 5.14 Å². The summed E-state index contributed by atoms with van der Waals surface area (Å²) in [5.41, 5.74) is -1.40. The lowest BCUT2D eigenvalue weighted by Gasteiger charge is -2.06. The van der Waals surface area contributed by atoms with Crippen LogP contribution < -0.4 is 5.14 Å². The lowest BCUT2D eigenvalue weighted by molar-refractivity contribution is 0.145. The van der Waals surface area contributed by atoms with Crippen LogP contribution in [0.15, 0.2) is 11.1 Å². The maximum atomic E-state index is 12.4. The predicted molar refractivity (Wildman–Crippen MR) is 50.3 cm³/mol. The summed E-state index contributed by atoms with van der Waals surface area (Å²) < 4.78 is 46.7. The van der Waals surface area contributed by atoms with Crippen molar-refractivity contribution in [1.29, 1.82) is 5.26 Å². The number of aromatic nitrogens is 1. The van der Waals surface area contributed by atoms with Gasteiger partial charge in [-0.1, -0.05) is 11.6 Å². The van der Waals surface area contributed by atoms with E-state index in [0.29, 0.717) is 0 Å². The van der Waals surface area contributed by atoms with Gasteiger partial charge in [-0.15, -0.1) is 0 Å². The van der Waals surface area contributed by atoms with E-state index in [-0.39, 0.29) is 0 Å². The Morgan fingerprint density at radius 2 is 2.12 bits per heavy atom. The number of nitrogens with zero attached hydrogens (tertiary/aromatic N) is 2. The Morgan fingerprint density at radius 1 is 1.56 bits per heavy atom. The highest BCUT2D eigenvalue weighted by Gasteiger charge is 2.23. The molecule has 0 saturated carbocycles. The number of hydrogen-bond donors (Lipinski definition) is 1. The first kappa shape index (κ1) is 12.8. The highest BCUT2D eigenvalue weighted by molar-refractivity contribution is 7.89. The third-order valence-corrected chi connectivity index (χ3v) is 2.72. The largest absolute Gasteiger partial charge is 0.281 e. The smallest absolute Gasteiger partial charge is 0.231 e. The number of primary sulfonamides is 1. The summed E-state index contributed by atoms with van der Waals surface area (Å²) >= 11 is 5.40. The third kappa shape index (κ3) is 2.44. The molecule has 9 heteroatoms. The van der Waals surface area contributed by atoms with E-state index in [4.69, 9.17) is 22.0 Å². The fourth-order valence-electron chi connectivity index (χ4n) is 0.935. The molecular weight excluding hydrogens is 264 g/mol.